The van der Waals surface area contributed by atoms with E-state index in [9.17, 15) is 0 Å². The van der Waals surface area contributed by atoms with Gasteiger partial charge in [-0.3, -0.25) is 0 Å². The quantitative estimate of drug-likeness (QED) is 0.706. The van der Waals surface area contributed by atoms with Crippen molar-refractivity contribution in [2.45, 2.75) is 6.92 Å². The van der Waals surface area contributed by atoms with Crippen LogP contribution in [0.1, 0.15) is 5.56 Å². The highest BCUT2D eigenvalue weighted by atomic mass is 79.9. The molecular weight excluding hydrogens is 237 g/mol. The SMILES string of the molecule is COc1cc(C)c(Br)cn1.OBO. The van der Waals surface area contributed by atoms with Gasteiger partial charge in [-0.1, -0.05) is 0 Å². The van der Waals surface area contributed by atoms with Crippen LogP contribution >= 0.6 is 15.9 Å². The van der Waals surface area contributed by atoms with E-state index in [2.05, 4.69) is 20.9 Å². The number of aryl methyl sites for hydroxylation is 1. The number of rotatable bonds is 1. The third-order valence-electron chi connectivity index (χ3n) is 1.23. The predicted molar refractivity (Wildman–Crippen MR) is 54.8 cm³/mol. The second-order valence-electron chi connectivity index (χ2n) is 2.12. The number of ether oxygens (including phenoxy) is 1. The maximum atomic E-state index is 7.12. The normalized spacial score (nSPS) is 8.38. The monoisotopic (exact) mass is 247 g/mol. The number of hydrogen-bond acceptors (Lipinski definition) is 4. The zero-order valence-electron chi connectivity index (χ0n) is 7.49. The molecule has 2 N–H and O–H groups in total. The van der Waals surface area contributed by atoms with Crippen molar-refractivity contribution in [2.75, 3.05) is 7.11 Å². The van der Waals surface area contributed by atoms with Crippen LogP contribution in [0.2, 0.25) is 0 Å². The third kappa shape index (κ3) is 4.87. The second kappa shape index (κ2) is 6.88. The summed E-state index contributed by atoms with van der Waals surface area (Å²) in [5, 5.41) is 14.2. The van der Waals surface area contributed by atoms with E-state index in [4.69, 9.17) is 14.8 Å². The fourth-order valence-corrected chi connectivity index (χ4v) is 0.842. The summed E-state index contributed by atoms with van der Waals surface area (Å²) in [7, 11) is 0.857. The molecule has 0 aliphatic rings. The molecule has 72 valence electrons. The summed E-state index contributed by atoms with van der Waals surface area (Å²) in [6.07, 6.45) is 1.73. The molecule has 0 saturated carbocycles. The molecule has 0 spiro atoms. The first-order valence-corrected chi connectivity index (χ1v) is 4.32. The van der Waals surface area contributed by atoms with Crippen molar-refractivity contribution in [1.82, 2.24) is 4.98 Å². The van der Waals surface area contributed by atoms with Crippen molar-refractivity contribution in [2.24, 2.45) is 0 Å². The van der Waals surface area contributed by atoms with Gasteiger partial charge in [-0.05, 0) is 28.4 Å². The molecular formula is C7H11BBrNO3. The minimum atomic E-state index is -0.750. The molecule has 1 aromatic heterocycles. The average molecular weight is 248 g/mol. The fourth-order valence-electron chi connectivity index (χ4n) is 0.625. The van der Waals surface area contributed by atoms with E-state index in [1.165, 1.54) is 0 Å². The number of aromatic nitrogens is 1. The van der Waals surface area contributed by atoms with Crippen LogP contribution in [0.3, 0.4) is 0 Å². The molecule has 0 unspecified atom stereocenters. The number of nitrogens with zero attached hydrogens (tertiary/aromatic N) is 1. The number of halogens is 1. The van der Waals surface area contributed by atoms with Crippen molar-refractivity contribution in [3.05, 3.63) is 22.3 Å². The summed E-state index contributed by atoms with van der Waals surface area (Å²) in [5.41, 5.74) is 1.13. The van der Waals surface area contributed by atoms with Gasteiger partial charge < -0.3 is 14.8 Å². The van der Waals surface area contributed by atoms with E-state index in [1.54, 1.807) is 13.3 Å². The Morgan fingerprint density at radius 3 is 2.46 bits per heavy atom. The smallest absolute Gasteiger partial charge is 0.432 e. The molecule has 0 bridgehead atoms. The maximum Gasteiger partial charge on any atom is 0.432 e. The van der Waals surface area contributed by atoms with E-state index in [1.807, 2.05) is 13.0 Å². The summed E-state index contributed by atoms with van der Waals surface area (Å²) in [4.78, 5) is 3.99. The first-order valence-electron chi connectivity index (χ1n) is 3.53. The summed E-state index contributed by atoms with van der Waals surface area (Å²) >= 11 is 3.34. The molecule has 0 aromatic carbocycles. The van der Waals surface area contributed by atoms with Crippen LogP contribution in [0.25, 0.3) is 0 Å². The standard InChI is InChI=1S/C7H8BrNO.BH3O2/c1-5-3-7(10-2)9-4-6(5)8;2-1-3/h3-4H,1-2H3;1-3H. The molecule has 4 nitrogen and oxygen atoms in total. The van der Waals surface area contributed by atoms with Gasteiger partial charge in [0.25, 0.3) is 0 Å². The minimum Gasteiger partial charge on any atom is -0.481 e. The second-order valence-corrected chi connectivity index (χ2v) is 2.97. The van der Waals surface area contributed by atoms with Gasteiger partial charge in [0.2, 0.25) is 5.88 Å². The van der Waals surface area contributed by atoms with Crippen LogP contribution in [-0.4, -0.2) is 29.8 Å². The molecule has 0 radical (unpaired) electrons. The van der Waals surface area contributed by atoms with Crippen LogP contribution < -0.4 is 4.74 Å². The minimum absolute atomic E-state index is 0.653. The molecule has 0 amide bonds. The highest BCUT2D eigenvalue weighted by Gasteiger charge is 1.96. The van der Waals surface area contributed by atoms with Crippen LogP contribution in [0, 0.1) is 6.92 Å². The van der Waals surface area contributed by atoms with Gasteiger partial charge in [-0.25, -0.2) is 4.98 Å². The van der Waals surface area contributed by atoms with Crippen LogP contribution in [0.4, 0.5) is 0 Å². The Kier molecular flexibility index (Phi) is 6.57. The van der Waals surface area contributed by atoms with Gasteiger partial charge in [-0.2, -0.15) is 0 Å². The maximum absolute atomic E-state index is 7.12. The van der Waals surface area contributed by atoms with Crippen LogP contribution in [-0.2, 0) is 0 Å². The number of methoxy groups -OCH3 is 1. The Morgan fingerprint density at radius 1 is 1.54 bits per heavy atom. The highest BCUT2D eigenvalue weighted by Crippen LogP contribution is 2.17. The molecule has 0 aliphatic heterocycles. The average Bonchev–Trinajstić information content (AvgIpc) is 2.11. The van der Waals surface area contributed by atoms with E-state index in [-0.39, 0.29) is 0 Å². The Balaban J connectivity index is 0.000000424. The predicted octanol–water partition coefficient (Wildman–Crippen LogP) is 0.399. The van der Waals surface area contributed by atoms with Crippen molar-refractivity contribution in [3.63, 3.8) is 0 Å². The van der Waals surface area contributed by atoms with Crippen molar-refractivity contribution in [3.8, 4) is 5.88 Å². The lowest BCUT2D eigenvalue weighted by Gasteiger charge is -1.99. The van der Waals surface area contributed by atoms with Crippen molar-refractivity contribution >= 4 is 23.6 Å². The van der Waals surface area contributed by atoms with E-state index < -0.39 is 7.69 Å². The lowest BCUT2D eigenvalue weighted by Crippen LogP contribution is -1.87. The van der Waals surface area contributed by atoms with Gasteiger partial charge in [-0.15, -0.1) is 0 Å². The van der Waals surface area contributed by atoms with Crippen molar-refractivity contribution in [1.29, 1.82) is 0 Å². The molecule has 0 atom stereocenters. The zero-order chi connectivity index (χ0) is 10.3. The Bertz CT molecular complexity index is 259. The lowest BCUT2D eigenvalue weighted by atomic mass is 10.3. The molecule has 1 aromatic rings. The molecule has 1 heterocycles. The molecule has 13 heavy (non-hydrogen) atoms. The summed E-state index contributed by atoms with van der Waals surface area (Å²) in [6.45, 7) is 1.99. The van der Waals surface area contributed by atoms with E-state index >= 15 is 0 Å². The zero-order valence-corrected chi connectivity index (χ0v) is 9.08. The summed E-state index contributed by atoms with van der Waals surface area (Å²) in [5.74, 6) is 0.653. The van der Waals surface area contributed by atoms with Gasteiger partial charge in [0, 0.05) is 16.7 Å². The molecule has 0 aliphatic carbocycles. The number of pyridine rings is 1. The van der Waals surface area contributed by atoms with Crippen molar-refractivity contribution < 1.29 is 14.8 Å². The highest BCUT2D eigenvalue weighted by molar-refractivity contribution is 9.10. The first kappa shape index (κ1) is 12.4. The lowest BCUT2D eigenvalue weighted by molar-refractivity contribution is 0.397. The molecule has 6 heteroatoms. The van der Waals surface area contributed by atoms with Crippen LogP contribution in [0.15, 0.2) is 16.7 Å². The summed E-state index contributed by atoms with van der Waals surface area (Å²) < 4.78 is 5.93. The van der Waals surface area contributed by atoms with E-state index in [0.29, 0.717) is 5.88 Å². The number of hydrogen-bond donors (Lipinski definition) is 2. The largest absolute Gasteiger partial charge is 0.481 e. The Labute approximate surface area is 86.0 Å². The summed E-state index contributed by atoms with van der Waals surface area (Å²) in [6, 6.07) is 1.88. The third-order valence-corrected chi connectivity index (χ3v) is 2.06. The van der Waals surface area contributed by atoms with Gasteiger partial charge in [0.05, 0.1) is 7.11 Å². The topological polar surface area (TPSA) is 62.6 Å². The van der Waals surface area contributed by atoms with Crippen LogP contribution in [0.5, 0.6) is 5.88 Å². The van der Waals surface area contributed by atoms with Gasteiger partial charge >= 0.3 is 7.69 Å². The Hall–Kier alpha value is -0.585. The molecule has 1 rings (SSSR count). The molecule has 0 fully saturated rings. The first-order chi connectivity index (χ1) is 6.15. The fraction of sp³-hybridized carbons (Fsp3) is 0.286. The Morgan fingerprint density at radius 2 is 2.08 bits per heavy atom. The van der Waals surface area contributed by atoms with E-state index in [0.717, 1.165) is 10.0 Å². The van der Waals surface area contributed by atoms with Gasteiger partial charge in [0.15, 0.2) is 0 Å². The van der Waals surface area contributed by atoms with Gasteiger partial charge in [0.1, 0.15) is 0 Å². The molecule has 0 saturated heterocycles.